The number of nitrogens with one attached hydrogen (secondary N) is 3. The molecule has 0 atom stereocenters. The lowest BCUT2D eigenvalue weighted by molar-refractivity contribution is -0.120. The predicted octanol–water partition coefficient (Wildman–Crippen LogP) is 5.27. The molecular weight excluding hydrogens is 528 g/mol. The summed E-state index contributed by atoms with van der Waals surface area (Å²) >= 11 is 5.98. The molecule has 10 nitrogen and oxygen atoms in total. The summed E-state index contributed by atoms with van der Waals surface area (Å²) in [6.07, 6.45) is 12.8. The summed E-state index contributed by atoms with van der Waals surface area (Å²) in [7, 11) is 4.14. The van der Waals surface area contributed by atoms with Crippen LogP contribution in [0.5, 0.6) is 0 Å². The first-order valence-corrected chi connectivity index (χ1v) is 14.7. The van der Waals surface area contributed by atoms with E-state index in [1.165, 1.54) is 0 Å². The molecule has 2 aliphatic rings. The lowest BCUT2D eigenvalue weighted by Gasteiger charge is -2.29. The number of fused-ring (bicyclic) bond motifs is 1. The molecular formula is C29H39ClN8O2. The Labute approximate surface area is 240 Å². The van der Waals surface area contributed by atoms with Crippen molar-refractivity contribution in [2.75, 3.05) is 36.6 Å². The van der Waals surface area contributed by atoms with Gasteiger partial charge in [0.1, 0.15) is 16.8 Å². The lowest BCUT2D eigenvalue weighted by Crippen LogP contribution is -2.28. The number of aromatic nitrogens is 4. The topological polar surface area (TPSA) is 117 Å². The third-order valence-corrected chi connectivity index (χ3v) is 7.85. The summed E-state index contributed by atoms with van der Waals surface area (Å²) in [5, 5.41) is 15.1. The Morgan fingerprint density at radius 2 is 1.77 bits per heavy atom. The van der Waals surface area contributed by atoms with Gasteiger partial charge in [-0.1, -0.05) is 11.6 Å². The van der Waals surface area contributed by atoms with Crippen molar-refractivity contribution in [3.05, 3.63) is 41.4 Å². The predicted molar refractivity (Wildman–Crippen MR) is 158 cm³/mol. The average Bonchev–Trinajstić information content (AvgIpc) is 3.62. The summed E-state index contributed by atoms with van der Waals surface area (Å²) in [5.41, 5.74) is 2.36. The van der Waals surface area contributed by atoms with Crippen LogP contribution in [0.1, 0.15) is 74.7 Å². The minimum absolute atomic E-state index is 0.268. The minimum atomic E-state index is -0.330. The molecule has 0 bridgehead atoms. The maximum Gasteiger partial charge on any atom is 0.276 e. The molecule has 2 saturated carbocycles. The molecule has 11 heteroatoms. The Kier molecular flexibility index (Phi) is 9.16. The number of imidazole rings is 1. The van der Waals surface area contributed by atoms with E-state index in [0.29, 0.717) is 58.6 Å². The van der Waals surface area contributed by atoms with Gasteiger partial charge in [0, 0.05) is 42.9 Å². The molecule has 3 heterocycles. The van der Waals surface area contributed by atoms with Gasteiger partial charge in [0.05, 0.1) is 11.9 Å². The van der Waals surface area contributed by atoms with Gasteiger partial charge in [-0.3, -0.25) is 9.59 Å². The molecule has 0 radical (unpaired) electrons. The molecule has 0 aromatic carbocycles. The first-order chi connectivity index (χ1) is 19.3. The molecule has 214 valence electrons. The fraction of sp³-hybridized carbons (Fsp3) is 0.552. The van der Waals surface area contributed by atoms with Gasteiger partial charge in [0.2, 0.25) is 0 Å². The highest BCUT2D eigenvalue weighted by Crippen LogP contribution is 2.32. The van der Waals surface area contributed by atoms with Crippen molar-refractivity contribution in [2.45, 2.75) is 76.3 Å². The van der Waals surface area contributed by atoms with Crippen LogP contribution >= 0.6 is 11.6 Å². The standard InChI is InChI=1S/C29H39ClN8O2/c1-37(2)14-4-3-5-23(39)15-19-6-8-21(9-7-19)34-27-17-24(33-20-10-11-20)28-32-18-25(38(28)36-27)29(40)35-22-12-13-31-26(30)16-22/h12-13,16-21,33H,3-11,14-15H2,1-2H3,(H,34,36)(H,31,35,40). The molecule has 5 rings (SSSR count). The largest absolute Gasteiger partial charge is 0.379 e. The van der Waals surface area contributed by atoms with Gasteiger partial charge in [-0.05, 0) is 90.1 Å². The van der Waals surface area contributed by atoms with E-state index in [0.717, 1.165) is 63.6 Å². The van der Waals surface area contributed by atoms with Crippen molar-refractivity contribution in [2.24, 2.45) is 5.92 Å². The van der Waals surface area contributed by atoms with Crippen LogP contribution in [-0.4, -0.2) is 68.9 Å². The van der Waals surface area contributed by atoms with Gasteiger partial charge in [0.15, 0.2) is 11.3 Å². The summed E-state index contributed by atoms with van der Waals surface area (Å²) in [5.74, 6) is 1.24. The number of nitrogens with zero attached hydrogens (tertiary/aromatic N) is 5. The van der Waals surface area contributed by atoms with Crippen molar-refractivity contribution in [3.63, 3.8) is 0 Å². The molecule has 1 amide bonds. The maximum atomic E-state index is 13.1. The first-order valence-electron chi connectivity index (χ1n) is 14.3. The molecule has 0 unspecified atom stereocenters. The third-order valence-electron chi connectivity index (χ3n) is 7.65. The zero-order valence-electron chi connectivity index (χ0n) is 23.3. The first kappa shape index (κ1) is 28.3. The van der Waals surface area contributed by atoms with Crippen LogP contribution in [0, 0.1) is 5.92 Å². The average molecular weight is 567 g/mol. The fourth-order valence-corrected chi connectivity index (χ4v) is 5.49. The molecule has 3 aromatic rings. The van der Waals surface area contributed by atoms with E-state index in [1.807, 2.05) is 6.07 Å². The van der Waals surface area contributed by atoms with Crippen LogP contribution in [0.3, 0.4) is 0 Å². The molecule has 3 N–H and O–H groups in total. The van der Waals surface area contributed by atoms with E-state index in [-0.39, 0.29) is 11.9 Å². The van der Waals surface area contributed by atoms with Crippen molar-refractivity contribution in [1.29, 1.82) is 0 Å². The third kappa shape index (κ3) is 7.69. The smallest absolute Gasteiger partial charge is 0.276 e. The molecule has 0 saturated heterocycles. The summed E-state index contributed by atoms with van der Waals surface area (Å²) < 4.78 is 1.60. The maximum absolute atomic E-state index is 13.1. The highest BCUT2D eigenvalue weighted by Gasteiger charge is 2.26. The fourth-order valence-electron chi connectivity index (χ4n) is 5.32. The number of hydrogen-bond acceptors (Lipinski definition) is 8. The van der Waals surface area contributed by atoms with Crippen LogP contribution < -0.4 is 16.0 Å². The second kappa shape index (κ2) is 13.0. The van der Waals surface area contributed by atoms with Crippen molar-refractivity contribution in [1.82, 2.24) is 24.5 Å². The Morgan fingerprint density at radius 3 is 2.50 bits per heavy atom. The second-order valence-corrected chi connectivity index (χ2v) is 11.8. The van der Waals surface area contributed by atoms with E-state index >= 15 is 0 Å². The van der Waals surface area contributed by atoms with Crippen LogP contribution in [-0.2, 0) is 4.79 Å². The quantitative estimate of drug-likeness (QED) is 0.189. The molecule has 0 aliphatic heterocycles. The van der Waals surface area contributed by atoms with Crippen molar-refractivity contribution < 1.29 is 9.59 Å². The lowest BCUT2D eigenvalue weighted by atomic mass is 9.82. The Balaban J connectivity index is 1.22. The van der Waals surface area contributed by atoms with Gasteiger partial charge < -0.3 is 20.9 Å². The Bertz CT molecular complexity index is 1330. The number of Topliss-reactive ketones (excluding diaryl/α,β-unsaturated/α-hetero) is 1. The molecule has 2 fully saturated rings. The van der Waals surface area contributed by atoms with Crippen LogP contribution in [0.2, 0.25) is 5.15 Å². The van der Waals surface area contributed by atoms with E-state index < -0.39 is 0 Å². The monoisotopic (exact) mass is 566 g/mol. The van der Waals surface area contributed by atoms with E-state index in [1.54, 1.807) is 29.0 Å². The normalized spacial score (nSPS) is 19.1. The number of amides is 1. The number of rotatable bonds is 13. The summed E-state index contributed by atoms with van der Waals surface area (Å²) in [6.45, 7) is 1.03. The van der Waals surface area contributed by atoms with Gasteiger partial charge in [0.25, 0.3) is 5.91 Å². The molecule has 40 heavy (non-hydrogen) atoms. The number of ketones is 1. The number of carbonyl (C=O) groups is 2. The Hall–Kier alpha value is -3.24. The number of halogens is 1. The van der Waals surface area contributed by atoms with E-state index in [9.17, 15) is 9.59 Å². The number of hydrogen-bond donors (Lipinski definition) is 3. The Morgan fingerprint density at radius 1 is 1.02 bits per heavy atom. The SMILES string of the molecule is CN(C)CCCCC(=O)CC1CCC(Nc2cc(NC3CC3)c3ncc(C(=O)Nc4ccnc(Cl)c4)n3n2)CC1. The van der Waals surface area contributed by atoms with Crippen LogP contribution in [0.25, 0.3) is 5.65 Å². The van der Waals surface area contributed by atoms with Crippen molar-refractivity contribution in [3.8, 4) is 0 Å². The number of anilines is 3. The number of pyridine rings is 1. The van der Waals surface area contributed by atoms with E-state index in [4.69, 9.17) is 16.7 Å². The summed E-state index contributed by atoms with van der Waals surface area (Å²) in [6, 6.07) is 5.96. The molecule has 0 spiro atoms. The zero-order chi connectivity index (χ0) is 28.1. The van der Waals surface area contributed by atoms with E-state index in [2.05, 4.69) is 44.9 Å². The number of unbranched alkanes of at least 4 members (excludes halogenated alkanes) is 1. The van der Waals surface area contributed by atoms with Crippen molar-refractivity contribution >= 4 is 46.1 Å². The van der Waals surface area contributed by atoms with Gasteiger partial charge in [-0.2, -0.15) is 0 Å². The van der Waals surface area contributed by atoms with Gasteiger partial charge in [-0.15, -0.1) is 5.10 Å². The second-order valence-electron chi connectivity index (χ2n) is 11.4. The van der Waals surface area contributed by atoms with Gasteiger partial charge >= 0.3 is 0 Å². The highest BCUT2D eigenvalue weighted by molar-refractivity contribution is 6.29. The highest BCUT2D eigenvalue weighted by atomic mass is 35.5. The number of carbonyl (C=O) groups excluding carboxylic acids is 2. The van der Waals surface area contributed by atoms with Crippen LogP contribution in [0.4, 0.5) is 17.2 Å². The van der Waals surface area contributed by atoms with Gasteiger partial charge in [-0.25, -0.2) is 14.5 Å². The minimum Gasteiger partial charge on any atom is -0.379 e. The molecule has 3 aromatic heterocycles. The summed E-state index contributed by atoms with van der Waals surface area (Å²) in [4.78, 5) is 36.3. The molecule has 2 aliphatic carbocycles. The zero-order valence-corrected chi connectivity index (χ0v) is 24.1. The van der Waals surface area contributed by atoms with Crippen LogP contribution in [0.15, 0.2) is 30.6 Å².